The fraction of sp³-hybridized carbons (Fsp3) is 0.556. The van der Waals surface area contributed by atoms with Gasteiger partial charge in [-0.2, -0.15) is 0 Å². The number of ether oxygens (including phenoxy) is 2. The van der Waals surface area contributed by atoms with Crippen molar-refractivity contribution in [3.8, 4) is 6.01 Å². The van der Waals surface area contributed by atoms with Crippen molar-refractivity contribution in [1.29, 1.82) is 0 Å². The van der Waals surface area contributed by atoms with Gasteiger partial charge in [-0.1, -0.05) is 0 Å². The van der Waals surface area contributed by atoms with Gasteiger partial charge in [-0.3, -0.25) is 0 Å². The third kappa shape index (κ3) is 3.71. The Bertz CT molecular complexity index is 706. The van der Waals surface area contributed by atoms with Gasteiger partial charge in [0.25, 0.3) is 0 Å². The van der Waals surface area contributed by atoms with E-state index in [0.717, 1.165) is 50.6 Å². The van der Waals surface area contributed by atoms with Crippen LogP contribution in [0.1, 0.15) is 25.0 Å². The molecule has 25 heavy (non-hydrogen) atoms. The Kier molecular flexibility index (Phi) is 4.48. The smallest absolute Gasteiger partial charge is 0.316 e. The number of hydrogen-bond donors (Lipinski definition) is 0. The van der Waals surface area contributed by atoms with Gasteiger partial charge in [0.05, 0.1) is 19.7 Å². The van der Waals surface area contributed by atoms with Crippen molar-refractivity contribution in [1.82, 2.24) is 19.9 Å². The number of nitrogens with zero attached hydrogens (tertiary/aromatic N) is 5. The zero-order valence-electron chi connectivity index (χ0n) is 14.5. The zero-order valence-corrected chi connectivity index (χ0v) is 14.5. The molecular weight excluding hydrogens is 318 g/mol. The van der Waals surface area contributed by atoms with E-state index in [1.165, 1.54) is 0 Å². The summed E-state index contributed by atoms with van der Waals surface area (Å²) >= 11 is 0. The topological polar surface area (TPSA) is 73.3 Å². The van der Waals surface area contributed by atoms with Crippen molar-refractivity contribution in [2.45, 2.75) is 31.8 Å². The molecule has 0 N–H and O–H groups in total. The first-order chi connectivity index (χ1) is 12.2. The van der Waals surface area contributed by atoms with Crippen LogP contribution in [0.25, 0.3) is 0 Å². The van der Waals surface area contributed by atoms with E-state index in [1.54, 1.807) is 18.6 Å². The van der Waals surface area contributed by atoms with Gasteiger partial charge in [-0.15, -0.1) is 0 Å². The summed E-state index contributed by atoms with van der Waals surface area (Å²) < 4.78 is 11.8. The average molecular weight is 341 g/mol. The SMILES string of the molecule is Cc1ccnc(OCC[C@@H]2CCOC3(C2)CN(c2ncccn2)C3)n1. The Labute approximate surface area is 147 Å². The molecule has 0 saturated carbocycles. The molecule has 2 aliphatic heterocycles. The largest absolute Gasteiger partial charge is 0.463 e. The third-order valence-corrected chi connectivity index (χ3v) is 4.92. The van der Waals surface area contributed by atoms with E-state index in [0.29, 0.717) is 18.5 Å². The lowest BCUT2D eigenvalue weighted by atomic mass is 9.79. The summed E-state index contributed by atoms with van der Waals surface area (Å²) in [5.74, 6) is 1.40. The van der Waals surface area contributed by atoms with Crippen molar-refractivity contribution in [3.63, 3.8) is 0 Å². The van der Waals surface area contributed by atoms with E-state index in [1.807, 2.05) is 19.1 Å². The molecule has 4 heterocycles. The minimum atomic E-state index is -0.0397. The Morgan fingerprint density at radius 1 is 1.24 bits per heavy atom. The van der Waals surface area contributed by atoms with Crippen molar-refractivity contribution < 1.29 is 9.47 Å². The predicted molar refractivity (Wildman–Crippen MR) is 92.5 cm³/mol. The maximum Gasteiger partial charge on any atom is 0.316 e. The lowest BCUT2D eigenvalue weighted by Crippen LogP contribution is -2.66. The molecule has 0 unspecified atom stereocenters. The van der Waals surface area contributed by atoms with Crippen LogP contribution in [0.15, 0.2) is 30.7 Å². The molecule has 1 spiro atoms. The minimum absolute atomic E-state index is 0.0397. The van der Waals surface area contributed by atoms with E-state index in [2.05, 4.69) is 24.8 Å². The van der Waals surface area contributed by atoms with Crippen LogP contribution in [0.4, 0.5) is 5.95 Å². The van der Waals surface area contributed by atoms with Gasteiger partial charge in [0.1, 0.15) is 5.60 Å². The van der Waals surface area contributed by atoms with Crippen molar-refractivity contribution >= 4 is 5.95 Å². The van der Waals surface area contributed by atoms with Crippen LogP contribution in [-0.4, -0.2) is 51.8 Å². The molecule has 2 aromatic rings. The lowest BCUT2D eigenvalue weighted by Gasteiger charge is -2.53. The summed E-state index contributed by atoms with van der Waals surface area (Å²) in [6, 6.07) is 4.18. The first kappa shape index (κ1) is 16.2. The molecule has 7 nitrogen and oxygen atoms in total. The first-order valence-corrected chi connectivity index (χ1v) is 8.81. The van der Waals surface area contributed by atoms with Crippen LogP contribution >= 0.6 is 0 Å². The second kappa shape index (κ2) is 6.92. The van der Waals surface area contributed by atoms with Crippen LogP contribution < -0.4 is 9.64 Å². The standard InChI is InChI=1S/C18H23N5O2/c1-14-3-8-21-17(22-14)24-9-4-15-5-10-25-18(11-15)12-23(13-18)16-19-6-2-7-20-16/h2-3,6-8,15H,4-5,9-13H2,1H3/t15-/m1/s1. The van der Waals surface area contributed by atoms with Gasteiger partial charge in [0.15, 0.2) is 0 Å². The van der Waals surface area contributed by atoms with E-state index in [4.69, 9.17) is 9.47 Å². The summed E-state index contributed by atoms with van der Waals surface area (Å²) in [7, 11) is 0. The highest BCUT2D eigenvalue weighted by atomic mass is 16.5. The van der Waals surface area contributed by atoms with Crippen LogP contribution in [0.3, 0.4) is 0 Å². The molecule has 132 valence electrons. The monoisotopic (exact) mass is 341 g/mol. The van der Waals surface area contributed by atoms with Gasteiger partial charge in [-0.05, 0) is 44.2 Å². The van der Waals surface area contributed by atoms with E-state index in [9.17, 15) is 0 Å². The predicted octanol–water partition coefficient (Wildman–Crippen LogP) is 2.03. The zero-order chi connectivity index (χ0) is 17.1. The van der Waals surface area contributed by atoms with Gasteiger partial charge in [-0.25, -0.2) is 19.9 Å². The maximum atomic E-state index is 6.10. The lowest BCUT2D eigenvalue weighted by molar-refractivity contribution is -0.115. The highest BCUT2D eigenvalue weighted by Gasteiger charge is 2.48. The van der Waals surface area contributed by atoms with E-state index < -0.39 is 0 Å². The molecule has 2 aromatic heterocycles. The Hall–Kier alpha value is -2.28. The number of aryl methyl sites for hydroxylation is 1. The summed E-state index contributed by atoms with van der Waals surface area (Å²) in [6.45, 7) is 5.14. The minimum Gasteiger partial charge on any atom is -0.463 e. The highest BCUT2D eigenvalue weighted by molar-refractivity contribution is 5.37. The molecule has 2 saturated heterocycles. The van der Waals surface area contributed by atoms with Gasteiger partial charge in [0.2, 0.25) is 5.95 Å². The van der Waals surface area contributed by atoms with Gasteiger partial charge in [0, 0.05) is 30.9 Å². The Balaban J connectivity index is 1.26. The quantitative estimate of drug-likeness (QED) is 0.824. The van der Waals surface area contributed by atoms with Gasteiger partial charge < -0.3 is 14.4 Å². The molecule has 0 aromatic carbocycles. The van der Waals surface area contributed by atoms with Crippen LogP contribution in [-0.2, 0) is 4.74 Å². The molecular formula is C18H23N5O2. The van der Waals surface area contributed by atoms with Crippen LogP contribution in [0.2, 0.25) is 0 Å². The second-order valence-electron chi connectivity index (χ2n) is 6.91. The van der Waals surface area contributed by atoms with Crippen molar-refractivity contribution in [3.05, 3.63) is 36.4 Å². The fourth-order valence-electron chi connectivity index (χ4n) is 3.65. The Morgan fingerprint density at radius 2 is 2.08 bits per heavy atom. The van der Waals surface area contributed by atoms with E-state index in [-0.39, 0.29) is 5.60 Å². The molecule has 1 atom stereocenters. The molecule has 0 aliphatic carbocycles. The highest BCUT2D eigenvalue weighted by Crippen LogP contribution is 2.39. The normalized spacial score (nSPS) is 21.8. The van der Waals surface area contributed by atoms with E-state index >= 15 is 0 Å². The fourth-order valence-corrected chi connectivity index (χ4v) is 3.65. The molecule has 0 bridgehead atoms. The number of hydrogen-bond acceptors (Lipinski definition) is 7. The molecule has 4 rings (SSSR count). The molecule has 0 amide bonds. The second-order valence-corrected chi connectivity index (χ2v) is 6.91. The molecule has 2 fully saturated rings. The average Bonchev–Trinajstić information content (AvgIpc) is 2.61. The number of anilines is 1. The summed E-state index contributed by atoms with van der Waals surface area (Å²) in [4.78, 5) is 19.2. The number of aromatic nitrogens is 4. The van der Waals surface area contributed by atoms with Crippen LogP contribution in [0, 0.1) is 12.8 Å². The first-order valence-electron chi connectivity index (χ1n) is 8.81. The molecule has 7 heteroatoms. The van der Waals surface area contributed by atoms with Crippen molar-refractivity contribution in [2.24, 2.45) is 5.92 Å². The Morgan fingerprint density at radius 3 is 2.88 bits per heavy atom. The molecule has 2 aliphatic rings. The van der Waals surface area contributed by atoms with Crippen LogP contribution in [0.5, 0.6) is 6.01 Å². The van der Waals surface area contributed by atoms with Gasteiger partial charge >= 0.3 is 6.01 Å². The summed E-state index contributed by atoms with van der Waals surface area (Å²) in [5.41, 5.74) is 0.884. The summed E-state index contributed by atoms with van der Waals surface area (Å²) in [5, 5.41) is 0. The molecule has 0 radical (unpaired) electrons. The summed E-state index contributed by atoms with van der Waals surface area (Å²) in [6.07, 6.45) is 8.45. The maximum absolute atomic E-state index is 6.10. The number of rotatable bonds is 5. The van der Waals surface area contributed by atoms with Crippen molar-refractivity contribution in [2.75, 3.05) is 31.2 Å². The third-order valence-electron chi connectivity index (χ3n) is 4.92.